The van der Waals surface area contributed by atoms with Gasteiger partial charge in [-0.1, -0.05) is 23.6 Å². The van der Waals surface area contributed by atoms with Crippen molar-refractivity contribution >= 4 is 45.3 Å². The minimum absolute atomic E-state index is 0.0183. The van der Waals surface area contributed by atoms with Crippen LogP contribution < -0.4 is 9.64 Å². The van der Waals surface area contributed by atoms with Crippen molar-refractivity contribution in [1.29, 1.82) is 0 Å². The van der Waals surface area contributed by atoms with Crippen molar-refractivity contribution in [3.8, 4) is 35.2 Å². The van der Waals surface area contributed by atoms with Crippen LogP contribution >= 0.6 is 11.6 Å². The second-order valence-corrected chi connectivity index (χ2v) is 13.3. The van der Waals surface area contributed by atoms with Gasteiger partial charge in [0.2, 0.25) is 0 Å². The molecule has 3 fully saturated rings. The second kappa shape index (κ2) is 12.5. The maximum Gasteiger partial charge on any atom is 0.319 e. The summed E-state index contributed by atoms with van der Waals surface area (Å²) in [6.07, 6.45) is 11.5. The molecule has 3 saturated heterocycles. The molecule has 0 saturated carbocycles. The van der Waals surface area contributed by atoms with E-state index in [9.17, 15) is 13.9 Å². The van der Waals surface area contributed by atoms with Crippen LogP contribution in [0.25, 0.3) is 32.8 Å². The SMILES string of the molecule is C#Cc1c(F)ccc2cc(O)cc(-c3c(Cl)cc4c(N5CCCC(C=NC)CC5)nc(OCC56CCCN5C[C@H](F)C6)nc4c3F)c12. The molecule has 1 aromatic heterocycles. The average molecular weight is 662 g/mol. The Labute approximate surface area is 276 Å². The lowest BCUT2D eigenvalue weighted by Crippen LogP contribution is -2.43. The Morgan fingerprint density at radius 1 is 1.17 bits per heavy atom. The van der Waals surface area contributed by atoms with Gasteiger partial charge in [0, 0.05) is 55.7 Å². The number of anilines is 1. The highest BCUT2D eigenvalue weighted by atomic mass is 35.5. The van der Waals surface area contributed by atoms with Gasteiger partial charge in [-0.2, -0.15) is 9.97 Å². The third kappa shape index (κ3) is 5.63. The molecule has 7 nitrogen and oxygen atoms in total. The van der Waals surface area contributed by atoms with Crippen molar-refractivity contribution in [1.82, 2.24) is 14.9 Å². The first kappa shape index (κ1) is 31.5. The largest absolute Gasteiger partial charge is 0.508 e. The summed E-state index contributed by atoms with van der Waals surface area (Å²) in [4.78, 5) is 17.9. The number of nitrogens with zero attached hydrogens (tertiary/aromatic N) is 5. The highest BCUT2D eigenvalue weighted by Crippen LogP contribution is 2.45. The molecule has 3 atom stereocenters. The topological polar surface area (TPSA) is 74.1 Å². The Bertz CT molecular complexity index is 1950. The van der Waals surface area contributed by atoms with Crippen molar-refractivity contribution < 1.29 is 23.0 Å². The predicted octanol–water partition coefficient (Wildman–Crippen LogP) is 7.33. The number of aromatic hydroxyl groups is 1. The van der Waals surface area contributed by atoms with E-state index in [1.807, 2.05) is 6.21 Å². The van der Waals surface area contributed by atoms with Gasteiger partial charge in [0.05, 0.1) is 16.1 Å². The molecule has 4 heterocycles. The van der Waals surface area contributed by atoms with Crippen molar-refractivity contribution in [3.63, 3.8) is 0 Å². The third-order valence-electron chi connectivity index (χ3n) is 9.97. The van der Waals surface area contributed by atoms with Gasteiger partial charge < -0.3 is 19.7 Å². The minimum Gasteiger partial charge on any atom is -0.508 e. The minimum atomic E-state index is -0.930. The average Bonchev–Trinajstić information content (AvgIpc) is 3.46. The number of rotatable bonds is 6. The Kier molecular flexibility index (Phi) is 8.39. The zero-order chi connectivity index (χ0) is 32.9. The van der Waals surface area contributed by atoms with Crippen LogP contribution in [0, 0.1) is 29.9 Å². The Balaban J connectivity index is 1.39. The first-order chi connectivity index (χ1) is 22.7. The number of terminal acetylenes is 1. The van der Waals surface area contributed by atoms with Crippen LogP contribution in [0.3, 0.4) is 0 Å². The highest BCUT2D eigenvalue weighted by Gasteiger charge is 2.49. The fourth-order valence-corrected chi connectivity index (χ4v) is 8.11. The standard InChI is InChI=1S/C36H35ClF3N5O2/c1-3-25-29(39)8-7-22-14-24(46)15-26(30(22)25)31-28(37)16-27-33(32(31)40)42-35(47-20-36-10-5-12-45(36)19-23(38)17-36)43-34(27)44-11-4-6-21(9-13-44)18-41-2/h1,7-8,14-16,18,21,23,46H,4-6,9-13,17,19-20H2,2H3/t21?,23-,36?/m1/s1. The molecule has 3 aliphatic heterocycles. The summed E-state index contributed by atoms with van der Waals surface area (Å²) in [7, 11) is 1.77. The van der Waals surface area contributed by atoms with Gasteiger partial charge in [-0.25, -0.2) is 13.2 Å². The first-order valence-corrected chi connectivity index (χ1v) is 16.4. The first-order valence-electron chi connectivity index (χ1n) is 16.0. The van der Waals surface area contributed by atoms with E-state index >= 15 is 4.39 Å². The van der Waals surface area contributed by atoms with Gasteiger partial charge in [0.15, 0.2) is 5.82 Å². The van der Waals surface area contributed by atoms with Crippen LogP contribution in [0.15, 0.2) is 35.3 Å². The number of hydrogen-bond acceptors (Lipinski definition) is 7. The molecule has 1 N–H and O–H groups in total. The summed E-state index contributed by atoms with van der Waals surface area (Å²) in [5, 5.41) is 11.7. The van der Waals surface area contributed by atoms with E-state index in [2.05, 4.69) is 25.7 Å². The van der Waals surface area contributed by atoms with Gasteiger partial charge in [0.1, 0.15) is 35.7 Å². The van der Waals surface area contributed by atoms with Crippen molar-refractivity contribution in [2.45, 2.75) is 50.2 Å². The van der Waals surface area contributed by atoms with E-state index < -0.39 is 23.3 Å². The normalized spacial score (nSPS) is 23.4. The highest BCUT2D eigenvalue weighted by molar-refractivity contribution is 6.35. The van der Waals surface area contributed by atoms with Crippen molar-refractivity contribution in [2.24, 2.45) is 10.9 Å². The molecule has 4 aromatic rings. The molecule has 0 bridgehead atoms. The molecule has 47 heavy (non-hydrogen) atoms. The van der Waals surface area contributed by atoms with Gasteiger partial charge in [0.25, 0.3) is 0 Å². The maximum absolute atomic E-state index is 17.0. The van der Waals surface area contributed by atoms with Gasteiger partial charge in [-0.3, -0.25) is 4.90 Å². The fraction of sp³-hybridized carbons (Fsp3) is 0.417. The molecule has 3 aromatic carbocycles. The number of aliphatic imine (C=N–C) groups is 1. The lowest BCUT2D eigenvalue weighted by atomic mass is 9.93. The number of hydrogen-bond donors (Lipinski definition) is 1. The lowest BCUT2D eigenvalue weighted by Gasteiger charge is -2.31. The van der Waals surface area contributed by atoms with Crippen LogP contribution in [0.1, 0.15) is 44.1 Å². The summed E-state index contributed by atoms with van der Waals surface area (Å²) in [5.74, 6) is 1.57. The molecule has 3 aliphatic rings. The summed E-state index contributed by atoms with van der Waals surface area (Å²) >= 11 is 6.87. The van der Waals surface area contributed by atoms with E-state index in [1.165, 1.54) is 24.3 Å². The quantitative estimate of drug-likeness (QED) is 0.172. The molecule has 0 radical (unpaired) electrons. The molecule has 0 aliphatic carbocycles. The summed E-state index contributed by atoms with van der Waals surface area (Å²) < 4.78 is 52.7. The molecule has 0 spiro atoms. The molecule has 7 rings (SSSR count). The van der Waals surface area contributed by atoms with E-state index in [0.29, 0.717) is 48.6 Å². The van der Waals surface area contributed by atoms with Gasteiger partial charge in [-0.05, 0) is 79.8 Å². The Morgan fingerprint density at radius 2 is 2.02 bits per heavy atom. The number of ether oxygens (including phenoxy) is 1. The molecule has 2 unspecified atom stereocenters. The summed E-state index contributed by atoms with van der Waals surface area (Å²) in [6, 6.07) is 7.03. The third-order valence-corrected chi connectivity index (χ3v) is 10.3. The van der Waals surface area contributed by atoms with Crippen molar-refractivity contribution in [2.75, 3.05) is 44.7 Å². The second-order valence-electron chi connectivity index (χ2n) is 12.9. The lowest BCUT2D eigenvalue weighted by molar-refractivity contribution is 0.107. The van der Waals surface area contributed by atoms with Crippen molar-refractivity contribution in [3.05, 3.63) is 52.6 Å². The number of aromatic nitrogens is 2. The Hall–Kier alpha value is -4.07. The zero-order valence-corrected chi connectivity index (χ0v) is 26.8. The number of fused-ring (bicyclic) bond motifs is 3. The number of benzene rings is 3. The molecular weight excluding hydrogens is 627 g/mol. The van der Waals surface area contributed by atoms with E-state index in [4.69, 9.17) is 27.7 Å². The molecule has 244 valence electrons. The number of halogens is 4. The van der Waals surface area contributed by atoms with Crippen LogP contribution in [0.5, 0.6) is 11.8 Å². The number of phenolic OH excluding ortho intramolecular Hbond substituents is 1. The van der Waals surface area contributed by atoms with E-state index in [0.717, 1.165) is 38.6 Å². The summed E-state index contributed by atoms with van der Waals surface area (Å²) in [5.41, 5.74) is -0.502. The monoisotopic (exact) mass is 661 g/mol. The van der Waals surface area contributed by atoms with E-state index in [1.54, 1.807) is 13.1 Å². The number of alkyl halides is 1. The fourth-order valence-electron chi connectivity index (χ4n) is 7.82. The van der Waals surface area contributed by atoms with Crippen LogP contribution in [0.2, 0.25) is 5.02 Å². The van der Waals surface area contributed by atoms with Crippen LogP contribution in [0.4, 0.5) is 19.0 Å². The zero-order valence-electron chi connectivity index (χ0n) is 26.1. The van der Waals surface area contributed by atoms with Gasteiger partial charge in [-0.15, -0.1) is 6.42 Å². The van der Waals surface area contributed by atoms with E-state index in [-0.39, 0.29) is 51.0 Å². The number of phenols is 1. The molecule has 11 heteroatoms. The van der Waals surface area contributed by atoms with Crippen LogP contribution in [-0.4, -0.2) is 77.7 Å². The predicted molar refractivity (Wildman–Crippen MR) is 180 cm³/mol. The molecular formula is C36H35ClF3N5O2. The summed E-state index contributed by atoms with van der Waals surface area (Å²) in [6.45, 7) is 2.67. The Morgan fingerprint density at radius 3 is 2.83 bits per heavy atom. The maximum atomic E-state index is 17.0. The van der Waals surface area contributed by atoms with Gasteiger partial charge >= 0.3 is 6.01 Å². The molecule has 0 amide bonds. The van der Waals surface area contributed by atoms with Crippen LogP contribution in [-0.2, 0) is 0 Å². The smallest absolute Gasteiger partial charge is 0.319 e.